The molecule has 0 N–H and O–H groups in total. The molecule has 0 radical (unpaired) electrons. The van der Waals surface area contributed by atoms with E-state index in [1.807, 2.05) is 12.1 Å². The predicted octanol–water partition coefficient (Wildman–Crippen LogP) is 2.66. The van der Waals surface area contributed by atoms with Gasteiger partial charge in [-0.2, -0.15) is 0 Å². The lowest BCUT2D eigenvalue weighted by Gasteiger charge is -2.15. The van der Waals surface area contributed by atoms with Crippen LogP contribution in [0.25, 0.3) is 0 Å². The van der Waals surface area contributed by atoms with E-state index in [-0.39, 0.29) is 0 Å². The fourth-order valence-electron chi connectivity index (χ4n) is 1.63. The van der Waals surface area contributed by atoms with Crippen molar-refractivity contribution in [1.29, 1.82) is 0 Å². The van der Waals surface area contributed by atoms with Crippen molar-refractivity contribution in [2.24, 2.45) is 0 Å². The molecular formula is C12H18O3. The van der Waals surface area contributed by atoms with Crippen LogP contribution < -0.4 is 14.2 Å². The van der Waals surface area contributed by atoms with Crippen LogP contribution in [-0.2, 0) is 6.42 Å². The highest BCUT2D eigenvalue weighted by molar-refractivity contribution is 5.55. The van der Waals surface area contributed by atoms with Gasteiger partial charge < -0.3 is 14.2 Å². The first-order valence-corrected chi connectivity index (χ1v) is 5.06. The second-order valence-electron chi connectivity index (χ2n) is 3.24. The van der Waals surface area contributed by atoms with E-state index in [0.717, 1.165) is 24.2 Å². The Morgan fingerprint density at radius 2 is 1.60 bits per heavy atom. The molecular weight excluding hydrogens is 192 g/mol. The average molecular weight is 210 g/mol. The zero-order valence-corrected chi connectivity index (χ0v) is 9.79. The molecule has 0 unspecified atom stereocenters. The molecule has 0 saturated heterocycles. The van der Waals surface area contributed by atoms with Gasteiger partial charge in [-0.15, -0.1) is 0 Å². The monoisotopic (exact) mass is 210 g/mol. The number of benzene rings is 1. The van der Waals surface area contributed by atoms with Crippen molar-refractivity contribution in [2.45, 2.75) is 19.8 Å². The Hall–Kier alpha value is -1.38. The Morgan fingerprint density at radius 1 is 0.933 bits per heavy atom. The van der Waals surface area contributed by atoms with Crippen LogP contribution in [0, 0.1) is 0 Å². The molecule has 0 saturated carbocycles. The molecule has 84 valence electrons. The Balaban J connectivity index is 3.21. The Bertz CT molecular complexity index is 321. The molecule has 1 aromatic rings. The lowest BCUT2D eigenvalue weighted by molar-refractivity contribution is 0.322. The van der Waals surface area contributed by atoms with Crippen molar-refractivity contribution in [1.82, 2.24) is 0 Å². The van der Waals surface area contributed by atoms with Gasteiger partial charge in [0, 0.05) is 0 Å². The molecule has 0 atom stereocenters. The molecule has 0 amide bonds. The molecule has 0 aliphatic rings. The van der Waals surface area contributed by atoms with Crippen molar-refractivity contribution in [2.75, 3.05) is 21.3 Å². The fraction of sp³-hybridized carbons (Fsp3) is 0.500. The largest absolute Gasteiger partial charge is 0.493 e. The molecule has 3 heteroatoms. The fourth-order valence-corrected chi connectivity index (χ4v) is 1.63. The van der Waals surface area contributed by atoms with Gasteiger partial charge in [-0.1, -0.05) is 19.4 Å². The standard InChI is InChI=1S/C12H18O3/c1-5-6-9-7-8-10(13-2)12(15-4)11(9)14-3/h7-8H,5-6H2,1-4H3. The minimum absolute atomic E-state index is 0.672. The summed E-state index contributed by atoms with van der Waals surface area (Å²) in [5, 5.41) is 0. The molecule has 3 nitrogen and oxygen atoms in total. The molecule has 0 aromatic heterocycles. The van der Waals surface area contributed by atoms with Crippen molar-refractivity contribution >= 4 is 0 Å². The number of hydrogen-bond acceptors (Lipinski definition) is 3. The highest BCUT2D eigenvalue weighted by atomic mass is 16.5. The lowest BCUT2D eigenvalue weighted by Crippen LogP contribution is -1.98. The summed E-state index contributed by atoms with van der Waals surface area (Å²) in [5.74, 6) is 2.15. The quantitative estimate of drug-likeness (QED) is 0.747. The highest BCUT2D eigenvalue weighted by Crippen LogP contribution is 2.39. The third-order valence-corrected chi connectivity index (χ3v) is 2.31. The van der Waals surface area contributed by atoms with E-state index in [9.17, 15) is 0 Å². The van der Waals surface area contributed by atoms with Gasteiger partial charge in [0.05, 0.1) is 21.3 Å². The first-order valence-electron chi connectivity index (χ1n) is 5.06. The molecule has 0 bridgehead atoms. The number of rotatable bonds is 5. The molecule has 15 heavy (non-hydrogen) atoms. The second-order valence-corrected chi connectivity index (χ2v) is 3.24. The maximum atomic E-state index is 5.36. The molecule has 1 aromatic carbocycles. The Morgan fingerprint density at radius 3 is 2.07 bits per heavy atom. The molecule has 0 aliphatic heterocycles. The van der Waals surface area contributed by atoms with Crippen LogP contribution in [0.15, 0.2) is 12.1 Å². The van der Waals surface area contributed by atoms with Crippen LogP contribution in [0.4, 0.5) is 0 Å². The molecule has 0 spiro atoms. The lowest BCUT2D eigenvalue weighted by atomic mass is 10.1. The van der Waals surface area contributed by atoms with Crippen molar-refractivity contribution in [3.8, 4) is 17.2 Å². The van der Waals surface area contributed by atoms with Gasteiger partial charge in [-0.3, -0.25) is 0 Å². The van der Waals surface area contributed by atoms with Gasteiger partial charge in [-0.25, -0.2) is 0 Å². The summed E-state index contributed by atoms with van der Waals surface area (Å²) < 4.78 is 15.9. The van der Waals surface area contributed by atoms with Crippen LogP contribution in [-0.4, -0.2) is 21.3 Å². The summed E-state index contributed by atoms with van der Waals surface area (Å²) in [6.07, 6.45) is 2.05. The predicted molar refractivity (Wildman–Crippen MR) is 60.1 cm³/mol. The van der Waals surface area contributed by atoms with Gasteiger partial charge in [-0.05, 0) is 18.1 Å². The molecule has 0 fully saturated rings. The summed E-state index contributed by atoms with van der Waals surface area (Å²) in [4.78, 5) is 0. The minimum Gasteiger partial charge on any atom is -0.493 e. The van der Waals surface area contributed by atoms with E-state index in [2.05, 4.69) is 6.92 Å². The van der Waals surface area contributed by atoms with E-state index in [4.69, 9.17) is 14.2 Å². The van der Waals surface area contributed by atoms with Crippen LogP contribution in [0.2, 0.25) is 0 Å². The summed E-state index contributed by atoms with van der Waals surface area (Å²) in [7, 11) is 4.89. The third kappa shape index (κ3) is 2.35. The van der Waals surface area contributed by atoms with E-state index in [1.54, 1.807) is 21.3 Å². The number of methoxy groups -OCH3 is 3. The van der Waals surface area contributed by atoms with Gasteiger partial charge in [0.25, 0.3) is 0 Å². The van der Waals surface area contributed by atoms with Gasteiger partial charge in [0.15, 0.2) is 11.5 Å². The van der Waals surface area contributed by atoms with E-state index in [0.29, 0.717) is 11.5 Å². The van der Waals surface area contributed by atoms with Gasteiger partial charge in [0.1, 0.15) is 0 Å². The first-order chi connectivity index (χ1) is 7.28. The van der Waals surface area contributed by atoms with E-state index >= 15 is 0 Å². The van der Waals surface area contributed by atoms with E-state index in [1.165, 1.54) is 0 Å². The summed E-state index contributed by atoms with van der Waals surface area (Å²) in [6.45, 7) is 2.14. The Kier molecular flexibility index (Phi) is 4.28. The molecule has 0 heterocycles. The minimum atomic E-state index is 0.672. The number of aryl methyl sites for hydroxylation is 1. The SMILES string of the molecule is CCCc1ccc(OC)c(OC)c1OC. The maximum absolute atomic E-state index is 5.36. The third-order valence-electron chi connectivity index (χ3n) is 2.31. The smallest absolute Gasteiger partial charge is 0.203 e. The summed E-state index contributed by atoms with van der Waals surface area (Å²) >= 11 is 0. The van der Waals surface area contributed by atoms with Crippen LogP contribution in [0.3, 0.4) is 0 Å². The van der Waals surface area contributed by atoms with Crippen molar-refractivity contribution < 1.29 is 14.2 Å². The van der Waals surface area contributed by atoms with Crippen LogP contribution in [0.5, 0.6) is 17.2 Å². The zero-order chi connectivity index (χ0) is 11.3. The second kappa shape index (κ2) is 5.49. The van der Waals surface area contributed by atoms with Crippen molar-refractivity contribution in [3.05, 3.63) is 17.7 Å². The maximum Gasteiger partial charge on any atom is 0.203 e. The number of ether oxygens (including phenoxy) is 3. The van der Waals surface area contributed by atoms with Crippen molar-refractivity contribution in [3.63, 3.8) is 0 Å². The van der Waals surface area contributed by atoms with E-state index < -0.39 is 0 Å². The van der Waals surface area contributed by atoms with Gasteiger partial charge in [0.2, 0.25) is 5.75 Å². The summed E-state index contributed by atoms with van der Waals surface area (Å²) in [5.41, 5.74) is 1.15. The normalized spacial score (nSPS) is 9.87. The van der Waals surface area contributed by atoms with Crippen LogP contribution >= 0.6 is 0 Å². The average Bonchev–Trinajstić information content (AvgIpc) is 2.28. The topological polar surface area (TPSA) is 27.7 Å². The van der Waals surface area contributed by atoms with Crippen LogP contribution in [0.1, 0.15) is 18.9 Å². The van der Waals surface area contributed by atoms with Gasteiger partial charge >= 0.3 is 0 Å². The zero-order valence-electron chi connectivity index (χ0n) is 9.79. The highest BCUT2D eigenvalue weighted by Gasteiger charge is 2.14. The molecule has 0 aliphatic carbocycles. The Labute approximate surface area is 91.0 Å². The first kappa shape index (κ1) is 11.7. The summed E-state index contributed by atoms with van der Waals surface area (Å²) in [6, 6.07) is 3.93. The molecule has 1 rings (SSSR count). The number of hydrogen-bond donors (Lipinski definition) is 0.